The molecule has 2 aromatic carbocycles. The van der Waals surface area contributed by atoms with Crippen molar-refractivity contribution in [2.24, 2.45) is 0 Å². The van der Waals surface area contributed by atoms with E-state index in [1.165, 1.54) is 17.0 Å². The molecule has 5 nitrogen and oxygen atoms in total. The fourth-order valence-electron chi connectivity index (χ4n) is 3.52. The molecule has 1 N–H and O–H groups in total. The highest BCUT2D eigenvalue weighted by Gasteiger charge is 2.46. The number of aromatic nitrogens is 1. The van der Waals surface area contributed by atoms with Gasteiger partial charge in [0.25, 0.3) is 11.7 Å². The van der Waals surface area contributed by atoms with Crippen LogP contribution in [0.15, 0.2) is 72.6 Å². The molecule has 1 unspecified atom stereocenters. The molecule has 2 heterocycles. The highest BCUT2D eigenvalue weighted by Crippen LogP contribution is 2.41. The topological polar surface area (TPSA) is 70.5 Å². The van der Waals surface area contributed by atoms with Crippen molar-refractivity contribution in [1.82, 2.24) is 9.88 Å². The third kappa shape index (κ3) is 4.04. The molecule has 1 amide bonds. The molecule has 1 atom stereocenters. The summed E-state index contributed by atoms with van der Waals surface area (Å²) in [5, 5.41) is 11.5. The summed E-state index contributed by atoms with van der Waals surface area (Å²) in [6.45, 7) is 0.0868. The highest BCUT2D eigenvalue weighted by molar-refractivity contribution is 6.46. The van der Waals surface area contributed by atoms with Crippen LogP contribution in [0.5, 0.6) is 0 Å². The fraction of sp³-hybridized carbons (Fsp3) is 0.0870. The molecule has 0 radical (unpaired) electrons. The second kappa shape index (κ2) is 8.49. The van der Waals surface area contributed by atoms with E-state index < -0.39 is 29.3 Å². The number of Topliss-reactive ketones (excluding diaryl/α,β-unsaturated/α-hetero) is 1. The van der Waals surface area contributed by atoms with Gasteiger partial charge in [-0.15, -0.1) is 0 Å². The SMILES string of the molecule is O=C1C(=O)N(Cc2cccnc2)C(c2ccc(Cl)c(Cl)c2)C1=C(O)c1ccc(F)cc1. The van der Waals surface area contributed by atoms with Crippen LogP contribution in [-0.4, -0.2) is 26.7 Å². The van der Waals surface area contributed by atoms with E-state index in [-0.39, 0.29) is 22.7 Å². The number of amides is 1. The van der Waals surface area contributed by atoms with Crippen molar-refractivity contribution < 1.29 is 19.1 Å². The number of carbonyl (C=O) groups is 2. The zero-order valence-electron chi connectivity index (χ0n) is 15.9. The van der Waals surface area contributed by atoms with E-state index in [1.807, 2.05) is 0 Å². The van der Waals surface area contributed by atoms with Gasteiger partial charge in [0, 0.05) is 24.5 Å². The van der Waals surface area contributed by atoms with Crippen LogP contribution in [0.1, 0.15) is 22.7 Å². The summed E-state index contributed by atoms with van der Waals surface area (Å²) in [5.74, 6) is -2.51. The molecule has 0 bridgehead atoms. The first-order valence-corrected chi connectivity index (χ1v) is 10.0. The van der Waals surface area contributed by atoms with E-state index in [2.05, 4.69) is 4.98 Å². The van der Waals surface area contributed by atoms with Gasteiger partial charge in [0.05, 0.1) is 21.7 Å². The van der Waals surface area contributed by atoms with Crippen LogP contribution in [0, 0.1) is 5.82 Å². The number of benzene rings is 2. The smallest absolute Gasteiger partial charge is 0.295 e. The lowest BCUT2D eigenvalue weighted by atomic mass is 9.95. The maximum Gasteiger partial charge on any atom is 0.295 e. The molecule has 4 rings (SSSR count). The van der Waals surface area contributed by atoms with Crippen molar-refractivity contribution in [3.8, 4) is 0 Å². The lowest BCUT2D eigenvalue weighted by molar-refractivity contribution is -0.140. The molecular weight excluding hydrogens is 442 g/mol. The first-order valence-electron chi connectivity index (χ1n) is 9.25. The summed E-state index contributed by atoms with van der Waals surface area (Å²) in [6, 6.07) is 12.3. The van der Waals surface area contributed by atoms with E-state index >= 15 is 0 Å². The van der Waals surface area contributed by atoms with Gasteiger partial charge in [-0.25, -0.2) is 4.39 Å². The highest BCUT2D eigenvalue weighted by atomic mass is 35.5. The molecule has 3 aromatic rings. The first-order chi connectivity index (χ1) is 14.9. The number of halogens is 3. The summed E-state index contributed by atoms with van der Waals surface area (Å²) >= 11 is 12.2. The Kier molecular flexibility index (Phi) is 5.76. The number of likely N-dealkylation sites (tertiary alicyclic amines) is 1. The first kappa shape index (κ1) is 21.0. The Hall–Kier alpha value is -3.22. The number of hydrogen-bond donors (Lipinski definition) is 1. The van der Waals surface area contributed by atoms with Gasteiger partial charge < -0.3 is 10.0 Å². The molecule has 1 aromatic heterocycles. The van der Waals surface area contributed by atoms with Crippen molar-refractivity contribution in [3.05, 3.63) is 105 Å². The lowest BCUT2D eigenvalue weighted by Gasteiger charge is -2.25. The normalized spacial score (nSPS) is 17.9. The summed E-state index contributed by atoms with van der Waals surface area (Å²) in [5.41, 5.74) is 1.31. The number of aliphatic hydroxyl groups is 1. The molecule has 1 aliphatic heterocycles. The van der Waals surface area contributed by atoms with E-state index in [9.17, 15) is 19.1 Å². The van der Waals surface area contributed by atoms with Crippen molar-refractivity contribution in [1.29, 1.82) is 0 Å². The second-order valence-electron chi connectivity index (χ2n) is 6.97. The third-order valence-corrected chi connectivity index (χ3v) is 5.73. The average molecular weight is 457 g/mol. The van der Waals surface area contributed by atoms with Gasteiger partial charge in [-0.05, 0) is 53.6 Å². The van der Waals surface area contributed by atoms with E-state index in [0.29, 0.717) is 16.1 Å². The number of carbonyl (C=O) groups excluding carboxylic acids is 2. The van der Waals surface area contributed by atoms with Crippen LogP contribution in [0.3, 0.4) is 0 Å². The standard InChI is InChI=1S/C23H15Cl2FN2O3/c24-17-8-5-15(10-18(17)25)20-19(21(29)14-3-6-16(26)7-4-14)22(30)23(31)28(20)12-13-2-1-9-27-11-13/h1-11,20,29H,12H2. The quantitative estimate of drug-likeness (QED) is 0.334. The Labute approximate surface area is 187 Å². The molecule has 31 heavy (non-hydrogen) atoms. The fourth-order valence-corrected chi connectivity index (χ4v) is 3.83. The second-order valence-corrected chi connectivity index (χ2v) is 7.78. The molecule has 0 spiro atoms. The minimum absolute atomic E-state index is 0.0868. The predicted molar refractivity (Wildman–Crippen MR) is 115 cm³/mol. The van der Waals surface area contributed by atoms with Crippen LogP contribution < -0.4 is 0 Å². The zero-order chi connectivity index (χ0) is 22.1. The number of pyridine rings is 1. The van der Waals surface area contributed by atoms with Crippen molar-refractivity contribution in [2.75, 3.05) is 0 Å². The summed E-state index contributed by atoms with van der Waals surface area (Å²) in [6.07, 6.45) is 3.19. The number of aliphatic hydroxyl groups excluding tert-OH is 1. The number of ketones is 1. The van der Waals surface area contributed by atoms with Gasteiger partial charge in [0.15, 0.2) is 0 Å². The molecule has 1 saturated heterocycles. The summed E-state index contributed by atoms with van der Waals surface area (Å²) in [7, 11) is 0. The molecular formula is C23H15Cl2FN2O3. The van der Waals surface area contributed by atoms with Crippen LogP contribution in [0.2, 0.25) is 10.0 Å². The van der Waals surface area contributed by atoms with Gasteiger partial charge in [0.2, 0.25) is 0 Å². The summed E-state index contributed by atoms with van der Waals surface area (Å²) in [4.78, 5) is 31.3. The maximum atomic E-state index is 13.3. The van der Waals surface area contributed by atoms with Crippen LogP contribution in [0.4, 0.5) is 4.39 Å². The van der Waals surface area contributed by atoms with Gasteiger partial charge in [-0.3, -0.25) is 14.6 Å². The maximum absolute atomic E-state index is 13.3. The Bertz CT molecular complexity index is 1200. The van der Waals surface area contributed by atoms with Crippen molar-refractivity contribution >= 4 is 40.7 Å². The third-order valence-electron chi connectivity index (χ3n) is 4.99. The number of hydrogen-bond acceptors (Lipinski definition) is 4. The number of rotatable bonds is 4. The Balaban J connectivity index is 1.88. The van der Waals surface area contributed by atoms with Gasteiger partial charge >= 0.3 is 0 Å². The molecule has 0 saturated carbocycles. The van der Waals surface area contributed by atoms with Crippen LogP contribution in [-0.2, 0) is 16.1 Å². The zero-order valence-corrected chi connectivity index (χ0v) is 17.4. The Morgan fingerprint density at radius 2 is 1.81 bits per heavy atom. The van der Waals surface area contributed by atoms with Gasteiger partial charge in [0.1, 0.15) is 11.6 Å². The molecule has 1 aliphatic rings. The molecule has 8 heteroatoms. The monoisotopic (exact) mass is 456 g/mol. The van der Waals surface area contributed by atoms with E-state index in [0.717, 1.165) is 12.1 Å². The Morgan fingerprint density at radius 3 is 2.45 bits per heavy atom. The molecule has 1 fully saturated rings. The average Bonchev–Trinajstić information content (AvgIpc) is 3.01. The summed E-state index contributed by atoms with van der Waals surface area (Å²) < 4.78 is 13.3. The van der Waals surface area contributed by atoms with Gasteiger partial charge in [-0.1, -0.05) is 35.3 Å². The molecule has 156 valence electrons. The van der Waals surface area contributed by atoms with Crippen molar-refractivity contribution in [2.45, 2.75) is 12.6 Å². The van der Waals surface area contributed by atoms with E-state index in [4.69, 9.17) is 23.2 Å². The minimum Gasteiger partial charge on any atom is -0.507 e. The minimum atomic E-state index is -0.917. The van der Waals surface area contributed by atoms with Gasteiger partial charge in [-0.2, -0.15) is 0 Å². The van der Waals surface area contributed by atoms with E-state index in [1.54, 1.807) is 42.7 Å². The Morgan fingerprint density at radius 1 is 1.06 bits per heavy atom. The predicted octanol–water partition coefficient (Wildman–Crippen LogP) is 5.15. The lowest BCUT2D eigenvalue weighted by Crippen LogP contribution is -2.29. The van der Waals surface area contributed by atoms with Crippen molar-refractivity contribution in [3.63, 3.8) is 0 Å². The van der Waals surface area contributed by atoms with Crippen LogP contribution in [0.25, 0.3) is 5.76 Å². The largest absolute Gasteiger partial charge is 0.507 e. The molecule has 0 aliphatic carbocycles. The number of nitrogens with zero attached hydrogens (tertiary/aromatic N) is 2. The van der Waals surface area contributed by atoms with Crippen LogP contribution >= 0.6 is 23.2 Å².